The fourth-order valence-corrected chi connectivity index (χ4v) is 12.5. The molecule has 12 N–H and O–H groups in total. The molecule has 11 atom stereocenters. The summed E-state index contributed by atoms with van der Waals surface area (Å²) in [4.78, 5) is 137. The van der Waals surface area contributed by atoms with E-state index < -0.39 is 174 Å². The summed E-state index contributed by atoms with van der Waals surface area (Å²) in [6.07, 6.45) is -10.4. The molecule has 3 aliphatic rings. The van der Waals surface area contributed by atoms with Gasteiger partial charge in [-0.2, -0.15) is 51.1 Å². The third-order valence-electron chi connectivity index (χ3n) is 14.4. The van der Waals surface area contributed by atoms with Crippen LogP contribution in [-0.2, 0) is 62.0 Å². The Morgan fingerprint density at radius 2 is 1.11 bits per heavy atom. The topological polar surface area (TPSA) is 432 Å². The first-order valence-electron chi connectivity index (χ1n) is 29.3. The Balaban J connectivity index is 1.11. The minimum Gasteiger partial charge on any atom is -0.456 e. The molecule has 1 saturated carbocycles. The second-order valence-electron chi connectivity index (χ2n) is 25.1. The van der Waals surface area contributed by atoms with Crippen LogP contribution in [0, 0.1) is 5.41 Å². The number of hydrogen-bond donors (Lipinski definition) is 11. The molecule has 2 saturated heterocycles. The monoisotopic (exact) mass is 1350 g/mol. The van der Waals surface area contributed by atoms with Gasteiger partial charge in [0.1, 0.15) is 29.9 Å². The first-order valence-corrected chi connectivity index (χ1v) is 31.4. The van der Waals surface area contributed by atoms with E-state index in [1.54, 1.807) is 41.5 Å². The van der Waals surface area contributed by atoms with E-state index in [0.717, 1.165) is 37.4 Å². The van der Waals surface area contributed by atoms with Crippen LogP contribution in [-0.4, -0.2) is 220 Å². The second-order valence-corrected chi connectivity index (χ2v) is 27.6. The van der Waals surface area contributed by atoms with Gasteiger partial charge < -0.3 is 81.7 Å². The Kier molecular flexibility index (Phi) is 26.8. The summed E-state index contributed by atoms with van der Waals surface area (Å²) in [6.45, 7) is 11.5. The lowest BCUT2D eigenvalue weighted by Gasteiger charge is -2.37. The van der Waals surface area contributed by atoms with Crippen LogP contribution < -0.4 is 49.0 Å². The van der Waals surface area contributed by atoms with Crippen LogP contribution in [0.25, 0.3) is 0 Å². The molecule has 2 aromatic heterocycles. The summed E-state index contributed by atoms with van der Waals surface area (Å²) in [7, 11) is 0. The molecule has 1 aliphatic carbocycles. The van der Waals surface area contributed by atoms with Crippen LogP contribution in [0.1, 0.15) is 113 Å². The minimum atomic E-state index is -3.98. The maximum atomic E-state index is 14.6. The van der Waals surface area contributed by atoms with Gasteiger partial charge in [-0.1, -0.05) is 20.8 Å². The molecule has 516 valence electrons. The average molecular weight is 1350 g/mol. The number of nitrogens with two attached hydrogens (primary N) is 1. The maximum absolute atomic E-state index is 14.6. The molecule has 0 bridgehead atoms. The van der Waals surface area contributed by atoms with Gasteiger partial charge in [-0.05, 0) is 72.9 Å². The van der Waals surface area contributed by atoms with Crippen molar-refractivity contribution in [1.82, 2.24) is 40.4 Å². The summed E-state index contributed by atoms with van der Waals surface area (Å²) in [5, 5.41) is 53.7. The quantitative estimate of drug-likeness (QED) is 0.0314. The number of esters is 2. The van der Waals surface area contributed by atoms with Gasteiger partial charge in [0.25, 0.3) is 11.8 Å². The van der Waals surface area contributed by atoms with E-state index in [4.69, 9.17) is 29.4 Å². The number of Topliss-reactive ketones (excluding diaryl/α,β-unsaturated/α-hetero) is 1. The third kappa shape index (κ3) is 21.7. The Hall–Kier alpha value is -6.22. The van der Waals surface area contributed by atoms with Crippen molar-refractivity contribution in [1.29, 1.82) is 0 Å². The number of amides is 5. The number of carbonyl (C=O) groups excluding carboxylic acids is 8. The zero-order valence-electron chi connectivity index (χ0n) is 52.3. The molecule has 3 fully saturated rings. The lowest BCUT2D eigenvalue weighted by molar-refractivity contribution is -0.147. The highest BCUT2D eigenvalue weighted by molar-refractivity contribution is 8.04. The van der Waals surface area contributed by atoms with E-state index in [9.17, 15) is 85.9 Å². The number of aliphatic hydroxyl groups excluding tert-OH is 4. The Bertz CT molecular complexity index is 3080. The van der Waals surface area contributed by atoms with E-state index in [-0.39, 0.29) is 72.6 Å². The summed E-state index contributed by atoms with van der Waals surface area (Å²) in [6, 6.07) is 0.0426. The van der Waals surface area contributed by atoms with Gasteiger partial charge in [-0.15, -0.1) is 0 Å². The number of rotatable bonds is 33. The fourth-order valence-electron chi connectivity index (χ4n) is 9.34. The number of carbonyl (C=O) groups is 8. The van der Waals surface area contributed by atoms with E-state index in [1.165, 1.54) is 23.5 Å². The minimum absolute atomic E-state index is 0.0146. The Morgan fingerprint density at radius 1 is 0.685 bits per heavy atom. The van der Waals surface area contributed by atoms with Crippen molar-refractivity contribution >= 4 is 82.4 Å². The van der Waals surface area contributed by atoms with Crippen LogP contribution in [0.4, 0.5) is 29.2 Å². The van der Waals surface area contributed by atoms with Crippen molar-refractivity contribution < 1.29 is 100 Å². The third-order valence-corrected chi connectivity index (χ3v) is 17.6. The number of aliphatic hydroxyl groups is 4. The van der Waals surface area contributed by atoms with Gasteiger partial charge in [0.05, 0.1) is 49.8 Å². The highest BCUT2D eigenvalue weighted by Crippen LogP contribution is 2.44. The van der Waals surface area contributed by atoms with Crippen molar-refractivity contribution in [3.63, 3.8) is 0 Å². The smallest absolute Gasteiger partial charge is 0.351 e. The molecule has 5 rings (SSSR count). The number of alkyl halides is 4. The van der Waals surface area contributed by atoms with Crippen LogP contribution in [0.3, 0.4) is 0 Å². The predicted molar refractivity (Wildman–Crippen MR) is 322 cm³/mol. The molecule has 2 aliphatic heterocycles. The summed E-state index contributed by atoms with van der Waals surface area (Å²) in [5.41, 5.74) is 0.185. The number of anilines is 2. The van der Waals surface area contributed by atoms with Gasteiger partial charge in [-0.3, -0.25) is 47.5 Å². The molecular weight excluding hydrogens is 1270 g/mol. The number of ketones is 1. The normalized spacial score (nSPS) is 23.2. The SMILES string of the molecule is CC(C)(C)NC(CSC1CCC1SCC(NC(=O)CCC(C)(C)OCC(C)(N)C(=O)C(C)(C)C)C(=O)NCCC(=O)OCC(=O)Nc1ccn([C@H]2O[C@@H](CO)[C@H](O)C2(F)F)c(=O)n1)C(=O)NCCC(=O)OCC(=O)Nc1ccn([C@H]2O[C@@H](CO)[C@H](O)C2(F)F)c(=O)n1. The molecule has 30 nitrogen and oxygen atoms in total. The number of nitrogens with one attached hydrogen (secondary N) is 6. The highest BCUT2D eigenvalue weighted by Gasteiger charge is 2.60. The van der Waals surface area contributed by atoms with Gasteiger partial charge in [0.2, 0.25) is 30.2 Å². The lowest BCUT2D eigenvalue weighted by atomic mass is 9.80. The van der Waals surface area contributed by atoms with Gasteiger partial charge in [-0.25, -0.2) is 9.59 Å². The zero-order chi connectivity index (χ0) is 68.9. The molecule has 5 unspecified atom stereocenters. The molecule has 92 heavy (non-hydrogen) atoms. The highest BCUT2D eigenvalue weighted by atomic mass is 32.2. The number of halogens is 4. The molecular formula is C56H83F4N11O19S2. The lowest BCUT2D eigenvalue weighted by Crippen LogP contribution is -2.55. The second kappa shape index (κ2) is 32.3. The molecule has 0 spiro atoms. The summed E-state index contributed by atoms with van der Waals surface area (Å²) < 4.78 is 85.0. The largest absolute Gasteiger partial charge is 0.456 e. The predicted octanol–water partition coefficient (Wildman–Crippen LogP) is -0.605. The van der Waals surface area contributed by atoms with Crippen molar-refractivity contribution in [3.05, 3.63) is 45.5 Å². The van der Waals surface area contributed by atoms with Crippen molar-refractivity contribution in [3.8, 4) is 0 Å². The molecule has 0 radical (unpaired) electrons. The van der Waals surface area contributed by atoms with Crippen molar-refractivity contribution in [2.45, 2.75) is 189 Å². The van der Waals surface area contributed by atoms with Crippen LogP contribution in [0.2, 0.25) is 0 Å². The van der Waals surface area contributed by atoms with Crippen LogP contribution in [0.5, 0.6) is 0 Å². The summed E-state index contributed by atoms with van der Waals surface area (Å²) >= 11 is 2.90. The molecule has 0 aromatic carbocycles. The van der Waals surface area contributed by atoms with Crippen LogP contribution >= 0.6 is 23.5 Å². The van der Waals surface area contributed by atoms with Gasteiger partial charge in [0, 0.05) is 64.9 Å². The van der Waals surface area contributed by atoms with Crippen molar-refractivity contribution in [2.75, 3.05) is 68.3 Å². The van der Waals surface area contributed by atoms with Crippen LogP contribution in [0.15, 0.2) is 34.1 Å². The Labute approximate surface area is 534 Å². The molecule has 2 aromatic rings. The molecule has 36 heteroatoms. The van der Waals surface area contributed by atoms with Gasteiger partial charge >= 0.3 is 35.2 Å². The van der Waals surface area contributed by atoms with E-state index in [2.05, 4.69) is 41.9 Å². The molecule has 4 heterocycles. The number of ether oxygens (including phenoxy) is 5. The molecule has 5 amide bonds. The fraction of sp³-hybridized carbons (Fsp3) is 0.714. The number of nitrogens with zero attached hydrogens (tertiary/aromatic N) is 4. The van der Waals surface area contributed by atoms with Crippen molar-refractivity contribution in [2.24, 2.45) is 11.1 Å². The zero-order valence-corrected chi connectivity index (χ0v) is 53.9. The van der Waals surface area contributed by atoms with E-state index in [1.807, 2.05) is 20.8 Å². The first kappa shape index (κ1) is 76.5. The van der Waals surface area contributed by atoms with E-state index >= 15 is 0 Å². The number of thioether (sulfide) groups is 2. The maximum Gasteiger partial charge on any atom is 0.351 e. The Morgan fingerprint density at radius 3 is 1.49 bits per heavy atom. The van der Waals surface area contributed by atoms with Gasteiger partial charge in [0.15, 0.2) is 31.2 Å². The average Bonchev–Trinajstić information content (AvgIpc) is 1.63. The first-order chi connectivity index (χ1) is 42.7. The summed E-state index contributed by atoms with van der Waals surface area (Å²) in [5.74, 6) is -14.0. The van der Waals surface area contributed by atoms with E-state index in [0.29, 0.717) is 9.13 Å². The number of hydrogen-bond acceptors (Lipinski definition) is 25. The standard InChI is InChI=1S/C56H83F4N11O19S2/c1-51(2,3)46(83)54(9,61)28-88-53(7,8)17-12-37(74)64-29(44(81)62-18-13-40(77)86-24-38(75)65-35-15-20-70(49(84)67-35)47-55(57,58)42(79)31(22-72)89-47)26-91-33-10-11-34(33)92-27-30(69-52(4,5)6)45(82)63-19-14-41(78)87-25-39(76)66-36-16-21-71(50(85)68-36)48-56(59,60)43(80)32(23-73)90-48/h15-16,20-21,29-34,42-43,47-48,69,72-73,79-80H,10-14,17-19,22-28,61H2,1-9H3,(H,62,81)(H,63,82)(H,64,74)(H,65,67,75,84)(H,66,68,76,85)/t29?,30?,31-,32-,33?,34?,42-,43-,47-,48-,54?/m0/s1. The number of aromatic nitrogens is 4.